The molecule has 0 bridgehead atoms. The van der Waals surface area contributed by atoms with E-state index in [1.54, 1.807) is 25.3 Å². The van der Waals surface area contributed by atoms with E-state index >= 15 is 0 Å². The molecule has 3 aromatic rings. The van der Waals surface area contributed by atoms with Crippen LogP contribution in [0.1, 0.15) is 49.9 Å². The van der Waals surface area contributed by atoms with Gasteiger partial charge in [0, 0.05) is 41.6 Å². The number of aromatic nitrogens is 2. The van der Waals surface area contributed by atoms with Gasteiger partial charge in [0.15, 0.2) is 8.32 Å². The topological polar surface area (TPSA) is 103 Å². The second-order valence-corrected chi connectivity index (χ2v) is 16.6. The third kappa shape index (κ3) is 5.30. The second-order valence-electron chi connectivity index (χ2n) is 11.8. The second kappa shape index (κ2) is 10.1. The summed E-state index contributed by atoms with van der Waals surface area (Å²) in [5, 5.41) is 26.1. The third-order valence-corrected chi connectivity index (χ3v) is 12.4. The van der Waals surface area contributed by atoms with Crippen LogP contribution in [0.3, 0.4) is 0 Å². The van der Waals surface area contributed by atoms with Crippen molar-refractivity contribution in [3.05, 3.63) is 64.6 Å². The summed E-state index contributed by atoms with van der Waals surface area (Å²) in [6.07, 6.45) is 1.65. The number of aryl methyl sites for hydroxylation is 1. The molecular formula is C29H36FN5O2Si. The number of hydrogen-bond acceptors (Lipinski definition) is 7. The van der Waals surface area contributed by atoms with Crippen LogP contribution < -0.4 is 10.6 Å². The van der Waals surface area contributed by atoms with Crippen LogP contribution in [0.25, 0.3) is 11.3 Å². The summed E-state index contributed by atoms with van der Waals surface area (Å²) in [5.74, 6) is -0.121. The summed E-state index contributed by atoms with van der Waals surface area (Å²) in [5.41, 5.74) is 5.08. The van der Waals surface area contributed by atoms with Gasteiger partial charge in [-0.05, 0) is 66.5 Å². The Morgan fingerprint density at radius 1 is 1.26 bits per heavy atom. The Hall–Kier alpha value is -3.32. The van der Waals surface area contributed by atoms with E-state index < -0.39 is 20.7 Å². The summed E-state index contributed by atoms with van der Waals surface area (Å²) in [6.45, 7) is 16.0. The lowest BCUT2D eigenvalue weighted by atomic mass is 9.83. The van der Waals surface area contributed by atoms with Crippen LogP contribution in [0.2, 0.25) is 18.1 Å². The highest BCUT2D eigenvalue weighted by Crippen LogP contribution is 2.44. The van der Waals surface area contributed by atoms with Gasteiger partial charge in [-0.1, -0.05) is 27.7 Å². The molecule has 200 valence electrons. The first kappa shape index (κ1) is 27.7. The van der Waals surface area contributed by atoms with Gasteiger partial charge < -0.3 is 20.2 Å². The van der Waals surface area contributed by atoms with E-state index in [-0.39, 0.29) is 16.0 Å². The lowest BCUT2D eigenvalue weighted by molar-refractivity contribution is 0.220. The number of fused-ring (bicyclic) bond motifs is 1. The molecule has 0 radical (unpaired) electrons. The Balaban J connectivity index is 1.68. The van der Waals surface area contributed by atoms with E-state index in [0.717, 1.165) is 16.8 Å². The maximum absolute atomic E-state index is 14.0. The van der Waals surface area contributed by atoms with Gasteiger partial charge in [-0.25, -0.2) is 14.4 Å². The SMILES string of the molecule is Cc1cc(F)c(CO)cc1Nc1nccc(-c2cc(C#N)c3c(c2)[C@@](C)(CO[Si](C)(C)C(C)(C)C)CN3)n1. The molecule has 0 saturated heterocycles. The van der Waals surface area contributed by atoms with Crippen molar-refractivity contribution in [2.24, 2.45) is 0 Å². The van der Waals surface area contributed by atoms with Crippen molar-refractivity contribution in [2.75, 3.05) is 23.8 Å². The number of nitriles is 1. The average Bonchev–Trinajstić information content (AvgIpc) is 3.20. The molecule has 0 spiro atoms. The summed E-state index contributed by atoms with van der Waals surface area (Å²) in [7, 11) is -1.96. The molecule has 2 aromatic carbocycles. The van der Waals surface area contributed by atoms with E-state index in [0.29, 0.717) is 41.6 Å². The zero-order valence-corrected chi connectivity index (χ0v) is 24.2. The van der Waals surface area contributed by atoms with E-state index in [9.17, 15) is 14.8 Å². The Morgan fingerprint density at radius 3 is 2.66 bits per heavy atom. The molecule has 9 heteroatoms. The summed E-state index contributed by atoms with van der Waals surface area (Å²) in [6, 6.07) is 11.0. The van der Waals surface area contributed by atoms with Crippen molar-refractivity contribution in [2.45, 2.75) is 64.8 Å². The fraction of sp³-hybridized carbons (Fsp3) is 0.414. The number of anilines is 3. The Kier molecular flexibility index (Phi) is 7.36. The van der Waals surface area contributed by atoms with Crippen LogP contribution in [0.15, 0.2) is 36.5 Å². The molecular weight excluding hydrogens is 497 g/mol. The lowest BCUT2D eigenvalue weighted by Gasteiger charge is -2.39. The van der Waals surface area contributed by atoms with Crippen molar-refractivity contribution >= 4 is 25.6 Å². The van der Waals surface area contributed by atoms with E-state index in [1.807, 2.05) is 6.07 Å². The zero-order chi connectivity index (χ0) is 27.9. The molecule has 3 N–H and O–H groups in total. The minimum absolute atomic E-state index is 0.100. The number of rotatable bonds is 7. The largest absolute Gasteiger partial charge is 0.416 e. The fourth-order valence-corrected chi connectivity index (χ4v) is 5.39. The van der Waals surface area contributed by atoms with Gasteiger partial charge in [0.25, 0.3) is 0 Å². The smallest absolute Gasteiger partial charge is 0.227 e. The molecule has 0 amide bonds. The highest BCUT2D eigenvalue weighted by molar-refractivity contribution is 6.74. The van der Waals surface area contributed by atoms with Gasteiger partial charge in [0.1, 0.15) is 11.9 Å². The highest BCUT2D eigenvalue weighted by Gasteiger charge is 2.42. The lowest BCUT2D eigenvalue weighted by Crippen LogP contribution is -2.45. The van der Waals surface area contributed by atoms with Crippen molar-refractivity contribution in [1.82, 2.24) is 9.97 Å². The molecule has 4 rings (SSSR count). The number of benzene rings is 2. The molecule has 0 aliphatic carbocycles. The van der Waals surface area contributed by atoms with Crippen molar-refractivity contribution < 1.29 is 13.9 Å². The molecule has 2 heterocycles. The summed E-state index contributed by atoms with van der Waals surface area (Å²) >= 11 is 0. The van der Waals surface area contributed by atoms with Gasteiger partial charge in [-0.3, -0.25) is 0 Å². The van der Waals surface area contributed by atoms with Crippen LogP contribution in [-0.4, -0.2) is 36.5 Å². The Bertz CT molecular complexity index is 1410. The molecule has 0 saturated carbocycles. The number of nitrogens with zero attached hydrogens (tertiary/aromatic N) is 3. The van der Waals surface area contributed by atoms with Crippen LogP contribution in [0, 0.1) is 24.1 Å². The van der Waals surface area contributed by atoms with Crippen LogP contribution in [0.5, 0.6) is 0 Å². The van der Waals surface area contributed by atoms with Crippen LogP contribution in [-0.2, 0) is 16.4 Å². The number of aliphatic hydroxyl groups excluding tert-OH is 1. The number of hydrogen-bond donors (Lipinski definition) is 3. The maximum Gasteiger partial charge on any atom is 0.227 e. The van der Waals surface area contributed by atoms with E-state index in [2.05, 4.69) is 68.5 Å². The maximum atomic E-state index is 14.0. The molecule has 1 aromatic heterocycles. The molecule has 0 unspecified atom stereocenters. The molecule has 0 fully saturated rings. The first-order chi connectivity index (χ1) is 17.8. The predicted octanol–water partition coefficient (Wildman–Crippen LogP) is 6.40. The van der Waals surface area contributed by atoms with Gasteiger partial charge in [0.2, 0.25) is 5.95 Å². The highest BCUT2D eigenvalue weighted by atomic mass is 28.4. The monoisotopic (exact) mass is 533 g/mol. The van der Waals surface area contributed by atoms with Gasteiger partial charge in [-0.2, -0.15) is 5.26 Å². The minimum atomic E-state index is -1.96. The first-order valence-electron chi connectivity index (χ1n) is 12.7. The van der Waals surface area contributed by atoms with Gasteiger partial charge in [-0.15, -0.1) is 0 Å². The van der Waals surface area contributed by atoms with Crippen molar-refractivity contribution in [3.8, 4) is 17.3 Å². The van der Waals surface area contributed by atoms with Gasteiger partial charge in [0.05, 0.1) is 23.6 Å². The molecule has 7 nitrogen and oxygen atoms in total. The van der Waals surface area contributed by atoms with Crippen LogP contribution >= 0.6 is 0 Å². The number of aliphatic hydroxyl groups is 1. The Morgan fingerprint density at radius 2 is 2.00 bits per heavy atom. The minimum Gasteiger partial charge on any atom is -0.416 e. The quantitative estimate of drug-likeness (QED) is 0.302. The average molecular weight is 534 g/mol. The zero-order valence-electron chi connectivity index (χ0n) is 23.2. The molecule has 1 aliphatic rings. The number of halogens is 1. The molecule has 1 atom stereocenters. The summed E-state index contributed by atoms with van der Waals surface area (Å²) in [4.78, 5) is 9.02. The fourth-order valence-electron chi connectivity index (χ4n) is 4.28. The predicted molar refractivity (Wildman–Crippen MR) is 152 cm³/mol. The third-order valence-electron chi connectivity index (χ3n) is 7.88. The van der Waals surface area contributed by atoms with E-state index in [4.69, 9.17) is 9.41 Å². The Labute approximate surface area is 225 Å². The standard InChI is InChI=1S/C29H36FN5O2Si/c1-18-10-23(30)21(15-36)13-25(18)35-27-32-9-8-24(34-27)19-11-20(14-31)26-22(12-19)29(5,16-33-26)17-37-38(6,7)28(2,3)4/h8-13,33,36H,15-17H2,1-7H3,(H,32,34,35)/t29-/m1/s1. The molecule has 1 aliphatic heterocycles. The summed E-state index contributed by atoms with van der Waals surface area (Å²) < 4.78 is 20.6. The normalized spacial score (nSPS) is 17.1. The number of nitrogens with one attached hydrogen (secondary N) is 2. The first-order valence-corrected chi connectivity index (χ1v) is 15.7. The van der Waals surface area contributed by atoms with E-state index in [1.165, 1.54) is 6.07 Å². The molecule has 38 heavy (non-hydrogen) atoms. The van der Waals surface area contributed by atoms with Crippen molar-refractivity contribution in [3.63, 3.8) is 0 Å². The van der Waals surface area contributed by atoms with Gasteiger partial charge >= 0.3 is 0 Å². The van der Waals surface area contributed by atoms with Crippen LogP contribution in [0.4, 0.5) is 21.7 Å². The van der Waals surface area contributed by atoms with Crippen molar-refractivity contribution in [1.29, 1.82) is 5.26 Å².